The lowest BCUT2D eigenvalue weighted by Crippen LogP contribution is -2.32. The normalized spacial score (nSPS) is 15.2. The standard InChI is InChI=1S/C16H15ClN8/c17-13-8-12(9-18)10-19-16(13)24-5-1-4-23(6-7-24)15-3-2-14-21-20-11-25(14)22-15/h2-3,8,10-11H,1,4-7H2. The van der Waals surface area contributed by atoms with Crippen molar-refractivity contribution < 1.29 is 0 Å². The van der Waals surface area contributed by atoms with Crippen LogP contribution in [-0.2, 0) is 0 Å². The highest BCUT2D eigenvalue weighted by atomic mass is 35.5. The van der Waals surface area contributed by atoms with Crippen molar-refractivity contribution in [1.82, 2.24) is 24.8 Å². The molecular formula is C16H15ClN8. The van der Waals surface area contributed by atoms with Gasteiger partial charge in [-0.3, -0.25) is 0 Å². The summed E-state index contributed by atoms with van der Waals surface area (Å²) in [6.07, 6.45) is 4.12. The number of fused-ring (bicyclic) bond motifs is 1. The van der Waals surface area contributed by atoms with Crippen LogP contribution < -0.4 is 9.80 Å². The van der Waals surface area contributed by atoms with Crippen LogP contribution in [0.2, 0.25) is 5.02 Å². The molecule has 3 aromatic rings. The lowest BCUT2D eigenvalue weighted by atomic mass is 10.3. The molecule has 8 nitrogen and oxygen atoms in total. The number of rotatable bonds is 2. The maximum absolute atomic E-state index is 8.94. The molecule has 4 rings (SSSR count). The molecule has 3 aromatic heterocycles. The van der Waals surface area contributed by atoms with E-state index in [9.17, 15) is 0 Å². The number of aromatic nitrogens is 5. The molecule has 0 aliphatic carbocycles. The van der Waals surface area contributed by atoms with Crippen molar-refractivity contribution in [3.63, 3.8) is 0 Å². The van der Waals surface area contributed by atoms with Gasteiger partial charge in [-0.2, -0.15) is 9.78 Å². The van der Waals surface area contributed by atoms with E-state index < -0.39 is 0 Å². The molecule has 0 spiro atoms. The van der Waals surface area contributed by atoms with Crippen molar-refractivity contribution in [2.24, 2.45) is 0 Å². The SMILES string of the molecule is N#Cc1cnc(N2CCCN(c3ccc4nncn4n3)CC2)c(Cl)c1. The maximum Gasteiger partial charge on any atom is 0.177 e. The fourth-order valence-corrected chi connectivity index (χ4v) is 3.26. The second kappa shape index (κ2) is 6.53. The summed E-state index contributed by atoms with van der Waals surface area (Å²) >= 11 is 6.30. The fraction of sp³-hybridized carbons (Fsp3) is 0.312. The van der Waals surface area contributed by atoms with Crippen LogP contribution in [0.5, 0.6) is 0 Å². The zero-order valence-corrected chi connectivity index (χ0v) is 14.1. The molecule has 25 heavy (non-hydrogen) atoms. The molecule has 1 saturated heterocycles. The average molecular weight is 355 g/mol. The molecule has 0 N–H and O–H groups in total. The number of pyridine rings is 1. The monoisotopic (exact) mass is 354 g/mol. The third-order valence-corrected chi connectivity index (χ3v) is 4.50. The zero-order valence-electron chi connectivity index (χ0n) is 13.4. The Morgan fingerprint density at radius 3 is 2.80 bits per heavy atom. The minimum Gasteiger partial charge on any atom is -0.354 e. The summed E-state index contributed by atoms with van der Waals surface area (Å²) in [5.74, 6) is 1.62. The predicted molar refractivity (Wildman–Crippen MR) is 93.8 cm³/mol. The lowest BCUT2D eigenvalue weighted by molar-refractivity contribution is 0.775. The Kier molecular flexibility index (Phi) is 4.07. The molecule has 1 aliphatic rings. The van der Waals surface area contributed by atoms with Crippen LogP contribution in [0.3, 0.4) is 0 Å². The first-order valence-electron chi connectivity index (χ1n) is 7.97. The number of hydrogen-bond acceptors (Lipinski definition) is 7. The Labute approximate surface area is 149 Å². The van der Waals surface area contributed by atoms with E-state index in [1.165, 1.54) is 0 Å². The van der Waals surface area contributed by atoms with Crippen LogP contribution in [0.1, 0.15) is 12.0 Å². The van der Waals surface area contributed by atoms with Gasteiger partial charge in [0.15, 0.2) is 5.65 Å². The van der Waals surface area contributed by atoms with E-state index in [1.54, 1.807) is 23.1 Å². The van der Waals surface area contributed by atoms with Crippen LogP contribution in [0.25, 0.3) is 5.65 Å². The van der Waals surface area contributed by atoms with Crippen molar-refractivity contribution >= 4 is 28.9 Å². The second-order valence-corrected chi connectivity index (χ2v) is 6.20. The van der Waals surface area contributed by atoms with Gasteiger partial charge in [0, 0.05) is 32.4 Å². The van der Waals surface area contributed by atoms with Crippen LogP contribution in [0, 0.1) is 11.3 Å². The quantitative estimate of drug-likeness (QED) is 0.693. The van der Waals surface area contributed by atoms with E-state index in [0.717, 1.165) is 49.9 Å². The molecule has 1 aliphatic heterocycles. The van der Waals surface area contributed by atoms with Gasteiger partial charge in [-0.25, -0.2) is 4.98 Å². The van der Waals surface area contributed by atoms with E-state index in [-0.39, 0.29) is 0 Å². The minimum atomic E-state index is 0.469. The third kappa shape index (κ3) is 3.06. The molecule has 4 heterocycles. The highest BCUT2D eigenvalue weighted by Crippen LogP contribution is 2.25. The van der Waals surface area contributed by atoms with E-state index >= 15 is 0 Å². The molecule has 0 aromatic carbocycles. The Balaban J connectivity index is 1.53. The molecule has 0 bridgehead atoms. The molecular weight excluding hydrogens is 340 g/mol. The lowest BCUT2D eigenvalue weighted by Gasteiger charge is -2.24. The summed E-state index contributed by atoms with van der Waals surface area (Å²) in [4.78, 5) is 8.75. The molecule has 0 saturated carbocycles. The van der Waals surface area contributed by atoms with Gasteiger partial charge in [0.2, 0.25) is 0 Å². The Morgan fingerprint density at radius 2 is 1.96 bits per heavy atom. The Hall–Kier alpha value is -2.92. The van der Waals surface area contributed by atoms with Gasteiger partial charge in [0.25, 0.3) is 0 Å². The van der Waals surface area contributed by atoms with Crippen molar-refractivity contribution in [3.05, 3.63) is 41.3 Å². The molecule has 1 fully saturated rings. The van der Waals surface area contributed by atoms with Crippen LogP contribution in [-0.4, -0.2) is 51.0 Å². The number of anilines is 2. The summed E-state index contributed by atoms with van der Waals surface area (Å²) in [5.41, 5.74) is 1.20. The largest absolute Gasteiger partial charge is 0.354 e. The summed E-state index contributed by atoms with van der Waals surface area (Å²) in [5, 5.41) is 21.8. The van der Waals surface area contributed by atoms with Gasteiger partial charge < -0.3 is 9.80 Å². The van der Waals surface area contributed by atoms with Crippen LogP contribution in [0.4, 0.5) is 11.6 Å². The highest BCUT2D eigenvalue weighted by molar-refractivity contribution is 6.33. The van der Waals surface area contributed by atoms with Gasteiger partial charge in [0.05, 0.1) is 10.6 Å². The van der Waals surface area contributed by atoms with Gasteiger partial charge in [0.1, 0.15) is 24.0 Å². The number of nitriles is 1. The van der Waals surface area contributed by atoms with E-state index in [0.29, 0.717) is 10.6 Å². The third-order valence-electron chi connectivity index (χ3n) is 4.22. The van der Waals surface area contributed by atoms with Crippen molar-refractivity contribution in [2.75, 3.05) is 36.0 Å². The Morgan fingerprint density at radius 1 is 1.12 bits per heavy atom. The van der Waals surface area contributed by atoms with E-state index in [4.69, 9.17) is 16.9 Å². The molecule has 9 heteroatoms. The number of hydrogen-bond donors (Lipinski definition) is 0. The van der Waals surface area contributed by atoms with Crippen molar-refractivity contribution in [2.45, 2.75) is 6.42 Å². The fourth-order valence-electron chi connectivity index (χ4n) is 2.97. The summed E-state index contributed by atoms with van der Waals surface area (Å²) in [6, 6.07) is 7.60. The minimum absolute atomic E-state index is 0.469. The zero-order chi connectivity index (χ0) is 17.2. The van der Waals surface area contributed by atoms with E-state index in [2.05, 4.69) is 36.1 Å². The smallest absolute Gasteiger partial charge is 0.177 e. The maximum atomic E-state index is 8.94. The average Bonchev–Trinajstić information content (AvgIpc) is 2.97. The summed E-state index contributed by atoms with van der Waals surface area (Å²) in [7, 11) is 0. The van der Waals surface area contributed by atoms with Crippen molar-refractivity contribution in [1.29, 1.82) is 5.26 Å². The molecule has 0 unspecified atom stereocenters. The summed E-state index contributed by atoms with van der Waals surface area (Å²) in [6.45, 7) is 3.33. The van der Waals surface area contributed by atoms with E-state index in [1.807, 2.05) is 12.1 Å². The first-order valence-corrected chi connectivity index (χ1v) is 8.35. The van der Waals surface area contributed by atoms with Gasteiger partial charge in [-0.15, -0.1) is 15.3 Å². The molecule has 0 atom stereocenters. The summed E-state index contributed by atoms with van der Waals surface area (Å²) < 4.78 is 1.68. The predicted octanol–water partition coefficient (Wildman–Crippen LogP) is 1.76. The molecule has 0 radical (unpaired) electrons. The van der Waals surface area contributed by atoms with Crippen LogP contribution in [0.15, 0.2) is 30.7 Å². The second-order valence-electron chi connectivity index (χ2n) is 5.79. The molecule has 0 amide bonds. The topological polar surface area (TPSA) is 86.2 Å². The highest BCUT2D eigenvalue weighted by Gasteiger charge is 2.19. The van der Waals surface area contributed by atoms with Crippen molar-refractivity contribution in [3.8, 4) is 6.07 Å². The molecule has 126 valence electrons. The first-order chi connectivity index (χ1) is 12.2. The Bertz CT molecular complexity index is 947. The van der Waals surface area contributed by atoms with Gasteiger partial charge >= 0.3 is 0 Å². The number of halogens is 1. The first kappa shape index (κ1) is 15.6. The number of nitrogens with zero attached hydrogens (tertiary/aromatic N) is 8. The van der Waals surface area contributed by atoms with Gasteiger partial charge in [-0.05, 0) is 24.6 Å². The van der Waals surface area contributed by atoms with Gasteiger partial charge in [-0.1, -0.05) is 11.6 Å². The van der Waals surface area contributed by atoms with Crippen LogP contribution >= 0.6 is 11.6 Å².